The van der Waals surface area contributed by atoms with E-state index in [2.05, 4.69) is 21.9 Å². The molecule has 0 amide bonds. The van der Waals surface area contributed by atoms with Gasteiger partial charge in [0.1, 0.15) is 0 Å². The molecule has 2 aromatic rings. The third kappa shape index (κ3) is 2.73. The van der Waals surface area contributed by atoms with Crippen LogP contribution in [0.15, 0.2) is 22.2 Å². The Kier molecular flexibility index (Phi) is 4.24. The average Bonchev–Trinajstić information content (AvgIpc) is 2.81. The molecule has 0 aliphatic heterocycles. The van der Waals surface area contributed by atoms with Gasteiger partial charge in [-0.1, -0.05) is 6.08 Å². The maximum absolute atomic E-state index is 12.0. The Morgan fingerprint density at radius 1 is 1.52 bits per heavy atom. The van der Waals surface area contributed by atoms with Crippen LogP contribution in [0.1, 0.15) is 0 Å². The molecule has 1 atom stereocenters. The van der Waals surface area contributed by atoms with Crippen molar-refractivity contribution in [1.82, 2.24) is 19.1 Å². The molecule has 4 N–H and O–H groups in total. The minimum atomic E-state index is -1.05. The molecule has 0 aliphatic carbocycles. The van der Waals surface area contributed by atoms with Crippen LogP contribution in [0.25, 0.3) is 11.2 Å². The van der Waals surface area contributed by atoms with E-state index in [0.29, 0.717) is 12.5 Å². The van der Waals surface area contributed by atoms with Crippen LogP contribution in [0.2, 0.25) is 0 Å². The van der Waals surface area contributed by atoms with E-state index in [-0.39, 0.29) is 17.7 Å². The second-order valence-corrected chi connectivity index (χ2v) is 4.54. The van der Waals surface area contributed by atoms with Crippen LogP contribution in [-0.4, -0.2) is 48.6 Å². The Labute approximate surface area is 119 Å². The van der Waals surface area contributed by atoms with Crippen molar-refractivity contribution in [2.45, 2.75) is 12.6 Å². The van der Waals surface area contributed by atoms with Gasteiger partial charge in [0.15, 0.2) is 11.2 Å². The average molecular weight is 295 g/mol. The van der Waals surface area contributed by atoms with Crippen LogP contribution in [0.4, 0.5) is 5.95 Å². The predicted octanol–water partition coefficient (Wildman–Crippen LogP) is -1.63. The Hall–Kier alpha value is -2.39. The van der Waals surface area contributed by atoms with Crippen LogP contribution >= 0.6 is 0 Å². The standard InChI is InChI=1S/C12H17N5O4/c1-3-4-13-11-14-9-8(17(11)5-7(19)6-18)10(20)15-12(21)16(9)2/h3,7,18-19H,1,4-6H2,2H3,(H,13,14)(H,15,20,21)/t7-/m1/s1. The van der Waals surface area contributed by atoms with Gasteiger partial charge in [-0.3, -0.25) is 14.3 Å². The van der Waals surface area contributed by atoms with Crippen molar-refractivity contribution in [3.8, 4) is 0 Å². The van der Waals surface area contributed by atoms with Crippen molar-refractivity contribution in [2.24, 2.45) is 7.05 Å². The molecule has 2 aromatic heterocycles. The van der Waals surface area contributed by atoms with E-state index >= 15 is 0 Å². The largest absolute Gasteiger partial charge is 0.394 e. The summed E-state index contributed by atoms with van der Waals surface area (Å²) in [5.41, 5.74) is -0.830. The molecule has 0 bridgehead atoms. The van der Waals surface area contributed by atoms with Gasteiger partial charge in [0, 0.05) is 13.6 Å². The number of fused-ring (bicyclic) bond motifs is 1. The number of rotatable bonds is 6. The second kappa shape index (κ2) is 5.94. The molecule has 0 spiro atoms. The molecule has 0 unspecified atom stereocenters. The summed E-state index contributed by atoms with van der Waals surface area (Å²) in [6, 6.07) is 0. The number of aromatic amines is 1. The van der Waals surface area contributed by atoms with E-state index in [1.807, 2.05) is 0 Å². The molecule has 0 fully saturated rings. The van der Waals surface area contributed by atoms with Crippen LogP contribution in [-0.2, 0) is 13.6 Å². The van der Waals surface area contributed by atoms with E-state index in [0.717, 1.165) is 0 Å². The topological polar surface area (TPSA) is 125 Å². The lowest BCUT2D eigenvalue weighted by Gasteiger charge is -2.12. The third-order valence-corrected chi connectivity index (χ3v) is 3.02. The van der Waals surface area contributed by atoms with Crippen molar-refractivity contribution in [1.29, 1.82) is 0 Å². The molecule has 0 radical (unpaired) electrons. The molecular weight excluding hydrogens is 278 g/mol. The Morgan fingerprint density at radius 3 is 2.86 bits per heavy atom. The lowest BCUT2D eigenvalue weighted by Crippen LogP contribution is -2.30. The molecule has 0 saturated heterocycles. The molecule has 9 nitrogen and oxygen atoms in total. The Morgan fingerprint density at radius 2 is 2.24 bits per heavy atom. The highest BCUT2D eigenvalue weighted by atomic mass is 16.3. The van der Waals surface area contributed by atoms with E-state index < -0.39 is 24.0 Å². The fraction of sp³-hybridized carbons (Fsp3) is 0.417. The molecule has 0 aromatic carbocycles. The zero-order valence-corrected chi connectivity index (χ0v) is 11.5. The first-order valence-corrected chi connectivity index (χ1v) is 6.32. The van der Waals surface area contributed by atoms with Crippen molar-refractivity contribution in [3.05, 3.63) is 33.5 Å². The van der Waals surface area contributed by atoms with Crippen molar-refractivity contribution in [3.63, 3.8) is 0 Å². The summed E-state index contributed by atoms with van der Waals surface area (Å²) in [7, 11) is 1.48. The number of aliphatic hydroxyl groups is 2. The van der Waals surface area contributed by atoms with Crippen molar-refractivity contribution < 1.29 is 10.2 Å². The number of hydrogen-bond acceptors (Lipinski definition) is 6. The number of anilines is 1. The van der Waals surface area contributed by atoms with E-state index in [9.17, 15) is 14.7 Å². The van der Waals surface area contributed by atoms with Crippen molar-refractivity contribution >= 4 is 17.1 Å². The summed E-state index contributed by atoms with van der Waals surface area (Å²) in [6.45, 7) is 3.48. The van der Waals surface area contributed by atoms with Gasteiger partial charge in [0.25, 0.3) is 5.56 Å². The SMILES string of the molecule is C=CCNc1nc2c(c(=O)[nH]c(=O)n2C)n1C[C@@H](O)CO. The normalized spacial score (nSPS) is 12.5. The molecule has 2 heterocycles. The smallest absolute Gasteiger partial charge is 0.329 e. The highest BCUT2D eigenvalue weighted by Crippen LogP contribution is 2.15. The fourth-order valence-electron chi connectivity index (χ4n) is 1.98. The van der Waals surface area contributed by atoms with Crippen LogP contribution in [0, 0.1) is 0 Å². The van der Waals surface area contributed by atoms with Crippen LogP contribution < -0.4 is 16.6 Å². The number of aryl methyl sites for hydroxylation is 1. The van der Waals surface area contributed by atoms with Gasteiger partial charge >= 0.3 is 5.69 Å². The maximum Gasteiger partial charge on any atom is 0.329 e. The lowest BCUT2D eigenvalue weighted by molar-refractivity contribution is 0.0825. The summed E-state index contributed by atoms with van der Waals surface area (Å²) in [4.78, 5) is 30.0. The van der Waals surface area contributed by atoms with Gasteiger partial charge in [-0.25, -0.2) is 4.79 Å². The summed E-state index contributed by atoms with van der Waals surface area (Å²) < 4.78 is 2.63. The third-order valence-electron chi connectivity index (χ3n) is 3.02. The highest BCUT2D eigenvalue weighted by molar-refractivity contribution is 5.74. The van der Waals surface area contributed by atoms with Gasteiger partial charge in [-0.15, -0.1) is 6.58 Å². The Bertz CT molecular complexity index is 772. The predicted molar refractivity (Wildman–Crippen MR) is 77.4 cm³/mol. The Balaban J connectivity index is 2.70. The zero-order valence-electron chi connectivity index (χ0n) is 11.5. The van der Waals surface area contributed by atoms with Gasteiger partial charge in [0.2, 0.25) is 5.95 Å². The fourth-order valence-corrected chi connectivity index (χ4v) is 1.98. The first-order valence-electron chi connectivity index (χ1n) is 6.32. The lowest BCUT2D eigenvalue weighted by atomic mass is 10.3. The van der Waals surface area contributed by atoms with E-state index in [1.165, 1.54) is 16.2 Å². The maximum atomic E-state index is 12.0. The first kappa shape index (κ1) is 15.0. The number of H-pyrrole nitrogens is 1. The van der Waals surface area contributed by atoms with Crippen molar-refractivity contribution in [2.75, 3.05) is 18.5 Å². The monoisotopic (exact) mass is 295 g/mol. The summed E-state index contributed by atoms with van der Waals surface area (Å²) >= 11 is 0. The number of imidazole rings is 1. The number of hydrogen-bond donors (Lipinski definition) is 4. The first-order chi connectivity index (χ1) is 9.99. The van der Waals surface area contributed by atoms with E-state index in [4.69, 9.17) is 5.11 Å². The molecule has 0 aliphatic rings. The highest BCUT2D eigenvalue weighted by Gasteiger charge is 2.18. The quantitative estimate of drug-likeness (QED) is 0.474. The van der Waals surface area contributed by atoms with Gasteiger partial charge in [0.05, 0.1) is 19.3 Å². The van der Waals surface area contributed by atoms with Gasteiger partial charge in [-0.2, -0.15) is 4.98 Å². The molecule has 0 saturated carbocycles. The van der Waals surface area contributed by atoms with Crippen LogP contribution in [0.5, 0.6) is 0 Å². The minimum Gasteiger partial charge on any atom is -0.394 e. The summed E-state index contributed by atoms with van der Waals surface area (Å²) in [6.07, 6.45) is 0.554. The number of aromatic nitrogens is 4. The van der Waals surface area contributed by atoms with Gasteiger partial charge < -0.3 is 20.1 Å². The summed E-state index contributed by atoms with van der Waals surface area (Å²) in [5.74, 6) is 0.309. The molecular formula is C12H17N5O4. The zero-order chi connectivity index (χ0) is 15.6. The molecule has 9 heteroatoms. The van der Waals surface area contributed by atoms with Gasteiger partial charge in [-0.05, 0) is 0 Å². The molecule has 2 rings (SSSR count). The molecule has 21 heavy (non-hydrogen) atoms. The minimum absolute atomic E-state index is 0.0340. The van der Waals surface area contributed by atoms with Crippen LogP contribution in [0.3, 0.4) is 0 Å². The number of nitrogens with zero attached hydrogens (tertiary/aromatic N) is 3. The second-order valence-electron chi connectivity index (χ2n) is 4.54. The summed E-state index contributed by atoms with van der Waals surface area (Å²) in [5, 5.41) is 21.5. The molecule has 114 valence electrons. The van der Waals surface area contributed by atoms with E-state index in [1.54, 1.807) is 6.08 Å². The number of aliphatic hydroxyl groups excluding tert-OH is 2. The number of nitrogens with one attached hydrogen (secondary N) is 2.